The molecule has 2 aromatic heterocycles. The number of hydrogen-bond acceptors (Lipinski definition) is 5. The summed E-state index contributed by atoms with van der Waals surface area (Å²) < 4.78 is 4.63. The fourth-order valence-electron chi connectivity index (χ4n) is 3.00. The summed E-state index contributed by atoms with van der Waals surface area (Å²) in [5.74, 6) is 0.633. The van der Waals surface area contributed by atoms with Crippen molar-refractivity contribution >= 4 is 22.8 Å². The van der Waals surface area contributed by atoms with Crippen molar-refractivity contribution in [2.75, 3.05) is 11.6 Å². The fraction of sp³-hybridized carbons (Fsp3) is 0.600. The van der Waals surface area contributed by atoms with E-state index in [9.17, 15) is 9.59 Å². The van der Waals surface area contributed by atoms with Crippen LogP contribution in [0.5, 0.6) is 0 Å². The normalized spacial score (nSPS) is 14.3. The van der Waals surface area contributed by atoms with Crippen LogP contribution < -0.4 is 16.3 Å². The van der Waals surface area contributed by atoms with Gasteiger partial charge in [-0.2, -0.15) is 10.1 Å². The van der Waals surface area contributed by atoms with E-state index in [2.05, 4.69) is 17.0 Å². The minimum atomic E-state index is -0.320. The molecule has 1 aliphatic heterocycles. The van der Waals surface area contributed by atoms with Gasteiger partial charge < -0.3 is 0 Å². The molecule has 2 aromatic rings. The van der Waals surface area contributed by atoms with Gasteiger partial charge in [-0.1, -0.05) is 13.8 Å². The average molecular weight is 318 g/mol. The second-order valence-electron chi connectivity index (χ2n) is 5.93. The molecular formula is C15H22N6O2. The van der Waals surface area contributed by atoms with Gasteiger partial charge in [0.15, 0.2) is 11.2 Å². The molecule has 0 saturated carbocycles. The first kappa shape index (κ1) is 15.5. The Morgan fingerprint density at radius 2 is 1.83 bits per heavy atom. The Morgan fingerprint density at radius 3 is 2.48 bits per heavy atom. The van der Waals surface area contributed by atoms with Crippen LogP contribution in [0.15, 0.2) is 14.7 Å². The largest absolute Gasteiger partial charge is 0.332 e. The van der Waals surface area contributed by atoms with Gasteiger partial charge in [0.25, 0.3) is 5.56 Å². The maximum absolute atomic E-state index is 12.8. The zero-order valence-corrected chi connectivity index (χ0v) is 14.0. The monoisotopic (exact) mass is 318 g/mol. The molecule has 0 unspecified atom stereocenters. The van der Waals surface area contributed by atoms with E-state index in [0.29, 0.717) is 30.2 Å². The molecule has 0 fully saturated rings. The highest BCUT2D eigenvalue weighted by Gasteiger charge is 2.25. The minimum Gasteiger partial charge on any atom is -0.297 e. The number of aromatic nitrogens is 4. The van der Waals surface area contributed by atoms with Crippen LogP contribution >= 0.6 is 0 Å². The molecule has 0 amide bonds. The Kier molecular flexibility index (Phi) is 3.83. The lowest BCUT2D eigenvalue weighted by Crippen LogP contribution is -2.40. The summed E-state index contributed by atoms with van der Waals surface area (Å²) in [5.41, 5.74) is 1.23. The summed E-state index contributed by atoms with van der Waals surface area (Å²) in [6, 6.07) is 0. The molecule has 0 N–H and O–H groups in total. The average Bonchev–Trinajstić information content (AvgIpc) is 2.89. The van der Waals surface area contributed by atoms with Crippen molar-refractivity contribution in [1.29, 1.82) is 0 Å². The van der Waals surface area contributed by atoms with Crippen molar-refractivity contribution in [2.24, 2.45) is 12.1 Å². The summed E-state index contributed by atoms with van der Waals surface area (Å²) in [5, 5.41) is 6.33. The number of nitrogens with zero attached hydrogens (tertiary/aromatic N) is 6. The molecule has 124 valence electrons. The van der Waals surface area contributed by atoms with Crippen LogP contribution in [0.3, 0.4) is 0 Å². The molecule has 0 atom stereocenters. The van der Waals surface area contributed by atoms with Crippen molar-refractivity contribution in [3.05, 3.63) is 20.8 Å². The van der Waals surface area contributed by atoms with Crippen LogP contribution in [-0.4, -0.2) is 30.9 Å². The van der Waals surface area contributed by atoms with Crippen molar-refractivity contribution in [3.63, 3.8) is 0 Å². The summed E-state index contributed by atoms with van der Waals surface area (Å²) in [7, 11) is 1.66. The zero-order chi connectivity index (χ0) is 16.7. The number of hydrogen-bond donors (Lipinski definition) is 0. The lowest BCUT2D eigenvalue weighted by atomic mass is 10.3. The third-order valence-corrected chi connectivity index (χ3v) is 4.00. The molecule has 8 heteroatoms. The first-order valence-corrected chi connectivity index (χ1v) is 8.01. The lowest BCUT2D eigenvalue weighted by Gasteiger charge is -2.24. The summed E-state index contributed by atoms with van der Waals surface area (Å²) in [6.07, 6.45) is 1.64. The Balaban J connectivity index is 2.35. The second-order valence-corrected chi connectivity index (χ2v) is 5.93. The lowest BCUT2D eigenvalue weighted by molar-refractivity contribution is 0.590. The topological polar surface area (TPSA) is 77.4 Å². The van der Waals surface area contributed by atoms with E-state index in [1.807, 2.05) is 23.4 Å². The molecule has 0 spiro atoms. The predicted octanol–water partition coefficient (Wildman–Crippen LogP) is 0.913. The van der Waals surface area contributed by atoms with Gasteiger partial charge in [-0.25, -0.2) is 9.80 Å². The van der Waals surface area contributed by atoms with E-state index in [0.717, 1.165) is 25.1 Å². The van der Waals surface area contributed by atoms with E-state index in [-0.39, 0.29) is 11.2 Å². The molecule has 0 aromatic carbocycles. The van der Waals surface area contributed by atoms with Gasteiger partial charge in [0.2, 0.25) is 5.95 Å². The van der Waals surface area contributed by atoms with Crippen molar-refractivity contribution < 1.29 is 0 Å². The Hall–Kier alpha value is -2.38. The minimum absolute atomic E-state index is 0.269. The van der Waals surface area contributed by atoms with Gasteiger partial charge in [-0.15, -0.1) is 0 Å². The highest BCUT2D eigenvalue weighted by Crippen LogP contribution is 2.23. The molecule has 3 heterocycles. The van der Waals surface area contributed by atoms with Crippen LogP contribution in [0, 0.1) is 0 Å². The predicted molar refractivity (Wildman–Crippen MR) is 90.3 cm³/mol. The number of anilines is 1. The van der Waals surface area contributed by atoms with Crippen molar-refractivity contribution in [3.8, 4) is 0 Å². The molecular weight excluding hydrogens is 296 g/mol. The summed E-state index contributed by atoms with van der Waals surface area (Å²) in [6.45, 7) is 7.60. The molecule has 23 heavy (non-hydrogen) atoms. The fourth-order valence-corrected chi connectivity index (χ4v) is 3.00. The maximum atomic E-state index is 12.8. The quantitative estimate of drug-likeness (QED) is 0.839. The van der Waals surface area contributed by atoms with E-state index in [1.54, 1.807) is 7.05 Å². The zero-order valence-electron chi connectivity index (χ0n) is 14.0. The molecule has 0 bridgehead atoms. The van der Waals surface area contributed by atoms with Crippen LogP contribution in [-0.2, 0) is 20.1 Å². The van der Waals surface area contributed by atoms with E-state index in [4.69, 9.17) is 0 Å². The molecule has 0 aliphatic carbocycles. The second kappa shape index (κ2) is 5.68. The first-order valence-electron chi connectivity index (χ1n) is 8.01. The molecule has 1 aliphatic rings. The van der Waals surface area contributed by atoms with E-state index >= 15 is 0 Å². The highest BCUT2D eigenvalue weighted by molar-refractivity contribution is 5.87. The van der Waals surface area contributed by atoms with Gasteiger partial charge >= 0.3 is 5.69 Å². The number of rotatable bonds is 4. The maximum Gasteiger partial charge on any atom is 0.332 e. The molecule has 3 rings (SSSR count). The van der Waals surface area contributed by atoms with Crippen LogP contribution in [0.2, 0.25) is 0 Å². The molecule has 0 saturated heterocycles. The number of hydrazone groups is 1. The number of imidazole rings is 1. The SMILES string of the molecule is CCCN1N=C(C)Cn2c1nc1c2c(=O)n(CCC)c(=O)n1C. The van der Waals surface area contributed by atoms with Crippen LogP contribution in [0.25, 0.3) is 11.2 Å². The standard InChI is InChI=1S/C15H22N6O2/c1-5-7-19-13(22)11-12(18(4)15(19)23)16-14-20(11)9-10(3)17-21(14)8-6-2/h5-9H2,1-4H3. The molecule has 8 nitrogen and oxygen atoms in total. The number of fused-ring (bicyclic) bond motifs is 3. The van der Waals surface area contributed by atoms with Crippen molar-refractivity contribution in [1.82, 2.24) is 18.7 Å². The van der Waals surface area contributed by atoms with Crippen LogP contribution in [0.4, 0.5) is 5.95 Å². The van der Waals surface area contributed by atoms with Gasteiger partial charge in [0.1, 0.15) is 0 Å². The first-order chi connectivity index (χ1) is 11.0. The van der Waals surface area contributed by atoms with E-state index < -0.39 is 0 Å². The highest BCUT2D eigenvalue weighted by atomic mass is 16.2. The van der Waals surface area contributed by atoms with Crippen LogP contribution in [0.1, 0.15) is 33.6 Å². The summed E-state index contributed by atoms with van der Waals surface area (Å²) >= 11 is 0. The number of aryl methyl sites for hydroxylation is 1. The Bertz CT molecular complexity index is 901. The third kappa shape index (κ3) is 2.29. The Labute approximate surface area is 133 Å². The van der Waals surface area contributed by atoms with Gasteiger partial charge in [0.05, 0.1) is 12.3 Å². The van der Waals surface area contributed by atoms with E-state index in [1.165, 1.54) is 9.13 Å². The van der Waals surface area contributed by atoms with Gasteiger partial charge in [0, 0.05) is 20.1 Å². The smallest absolute Gasteiger partial charge is 0.297 e. The van der Waals surface area contributed by atoms with Gasteiger partial charge in [-0.3, -0.25) is 18.5 Å². The third-order valence-electron chi connectivity index (χ3n) is 4.00. The Morgan fingerprint density at radius 1 is 1.13 bits per heavy atom. The van der Waals surface area contributed by atoms with Crippen molar-refractivity contribution in [2.45, 2.75) is 46.7 Å². The molecule has 0 radical (unpaired) electrons. The van der Waals surface area contributed by atoms with Gasteiger partial charge in [-0.05, 0) is 19.8 Å². The summed E-state index contributed by atoms with van der Waals surface area (Å²) in [4.78, 5) is 29.8.